The minimum Gasteiger partial charge on any atom is -0.478 e. The molecule has 1 unspecified atom stereocenters. The molecule has 78 heavy (non-hydrogen) atoms. The van der Waals surface area contributed by atoms with Crippen molar-refractivity contribution in [1.29, 1.82) is 0 Å². The average Bonchev–Trinajstić information content (AvgIpc) is 3.46. The van der Waals surface area contributed by atoms with Crippen LogP contribution in [-0.2, 0) is 60.4 Å². The Kier molecular flexibility index (Phi) is 15.1. The molecule has 0 saturated heterocycles. The van der Waals surface area contributed by atoms with E-state index in [1.807, 2.05) is 0 Å². The van der Waals surface area contributed by atoms with E-state index in [4.69, 9.17) is 0 Å². The van der Waals surface area contributed by atoms with E-state index in [1.165, 1.54) is 0 Å². The molecule has 0 aliphatic heterocycles. The molecule has 0 radical (unpaired) electrons. The van der Waals surface area contributed by atoms with Crippen molar-refractivity contribution in [1.82, 2.24) is 0 Å². The lowest BCUT2D eigenvalue weighted by atomic mass is 10.1. The largest absolute Gasteiger partial charge is 0.478 e. The summed E-state index contributed by atoms with van der Waals surface area (Å²) in [6.07, 6.45) is 0. The third-order valence-corrected chi connectivity index (χ3v) is 16.0. The van der Waals surface area contributed by atoms with Crippen LogP contribution in [0, 0.1) is 0 Å². The molecule has 7 rings (SSSR count). The van der Waals surface area contributed by atoms with Crippen molar-refractivity contribution >= 4 is 146 Å². The fraction of sp³-hybridized carbons (Fsp3) is 0. The fourth-order valence-corrected chi connectivity index (χ4v) is 11.3. The van der Waals surface area contributed by atoms with Crippen molar-refractivity contribution in [3.05, 3.63) is 131 Å². The first kappa shape index (κ1) is 57.4. The number of amides is 2. The zero-order valence-electron chi connectivity index (χ0n) is 38.0. The second kappa shape index (κ2) is 20.6. The first-order valence-electron chi connectivity index (χ1n) is 20.4. The van der Waals surface area contributed by atoms with Crippen LogP contribution in [0.4, 0.5) is 34.1 Å². The Morgan fingerprint density at radius 1 is 0.372 bits per heavy atom. The molecule has 35 heteroatoms. The van der Waals surface area contributed by atoms with E-state index in [0.717, 1.165) is 78.9 Å². The Bertz CT molecular complexity index is 4300. The monoisotopic (exact) mass is 1190 g/mol. The quantitative estimate of drug-likeness (QED) is 0.0280. The summed E-state index contributed by atoms with van der Waals surface area (Å²) in [6.45, 7) is 0. The van der Waals surface area contributed by atoms with Gasteiger partial charge in [0.05, 0.1) is 55.0 Å². The van der Waals surface area contributed by atoms with Crippen LogP contribution in [-0.4, -0.2) is 113 Å². The van der Waals surface area contributed by atoms with Gasteiger partial charge in [0.15, 0.2) is 0 Å². The molecule has 0 bridgehead atoms. The molecule has 7 aromatic rings. The van der Waals surface area contributed by atoms with Crippen molar-refractivity contribution in [2.24, 2.45) is 20.5 Å². The van der Waals surface area contributed by atoms with Crippen molar-refractivity contribution in [3.63, 3.8) is 0 Å². The van der Waals surface area contributed by atoms with E-state index < -0.39 is 158 Å². The summed E-state index contributed by atoms with van der Waals surface area (Å²) in [6, 6.07) is 15.8. The molecular formula is C43H30N6O23S6. The second-order valence-electron chi connectivity index (χ2n) is 15.9. The van der Waals surface area contributed by atoms with Crippen LogP contribution in [0.15, 0.2) is 159 Å². The van der Waals surface area contributed by atoms with Crippen molar-refractivity contribution in [3.8, 4) is 0 Å². The van der Waals surface area contributed by atoms with Crippen molar-refractivity contribution < 1.29 is 103 Å². The fourth-order valence-electron chi connectivity index (χ4n) is 7.17. The first-order valence-corrected chi connectivity index (χ1v) is 29.3. The predicted molar refractivity (Wildman–Crippen MR) is 271 cm³/mol. The van der Waals surface area contributed by atoms with Crippen LogP contribution in [0.1, 0.15) is 41.4 Å². The van der Waals surface area contributed by atoms with E-state index >= 15 is 0 Å². The van der Waals surface area contributed by atoms with Crippen molar-refractivity contribution in [2.75, 3.05) is 10.6 Å². The number of rotatable bonds is 16. The minimum atomic E-state index is -5.36. The molecule has 29 nitrogen and oxygen atoms in total. The van der Waals surface area contributed by atoms with E-state index in [-0.39, 0.29) is 33.9 Å². The molecule has 406 valence electrons. The molecule has 0 aromatic heterocycles. The predicted octanol–water partition coefficient (Wildman–Crippen LogP) is 6.51. The Morgan fingerprint density at radius 2 is 0.679 bits per heavy atom. The molecule has 0 fully saturated rings. The average molecular weight is 1190 g/mol. The van der Waals surface area contributed by atoms with Gasteiger partial charge >= 0.3 is 11.9 Å². The van der Waals surface area contributed by atoms with Crippen molar-refractivity contribution in [2.45, 2.75) is 29.4 Å². The molecule has 0 aliphatic carbocycles. The van der Waals surface area contributed by atoms with Gasteiger partial charge in [-0.1, -0.05) is 0 Å². The zero-order valence-corrected chi connectivity index (χ0v) is 42.9. The highest BCUT2D eigenvalue weighted by molar-refractivity contribution is 7.95. The van der Waals surface area contributed by atoms with E-state index in [0.29, 0.717) is 30.3 Å². The van der Waals surface area contributed by atoms with E-state index in [2.05, 4.69) is 37.0 Å². The van der Waals surface area contributed by atoms with Gasteiger partial charge in [0, 0.05) is 32.7 Å². The molecule has 0 spiro atoms. The maximum absolute atomic E-state index is 13.3. The third kappa shape index (κ3) is 12.7. The minimum absolute atomic E-state index is 0.140. The smallest absolute Gasteiger partial charge is 0.337 e. The van der Waals surface area contributed by atoms with Crippen LogP contribution >= 0.6 is 0 Å². The van der Waals surface area contributed by atoms with Gasteiger partial charge in [-0.3, -0.25) is 32.4 Å². The summed E-state index contributed by atoms with van der Waals surface area (Å²) in [5, 5.41) is 37.1. The molecule has 1 atom stereocenters. The number of azo groups is 2. The number of anilines is 2. The maximum Gasteiger partial charge on any atom is 0.337 e. The summed E-state index contributed by atoms with van der Waals surface area (Å²) in [5.41, 5.74) is -3.65. The SMILES string of the molecule is C=S(=O)(O)c1cc(S(=O)(=O)O)c2cc(/N=N/c3ccc(NC(=O)c4ccc(C(=O)Nc5ccc(/N=N/c6cc(S(=O)(=O)O)c7cc(S(=O)(=O)O)cc(S(=O)(=O)O)c7c6)cc5C(=O)O)cc4)c(C(=O)O)c3)cc(S(=O)(=O)O)c2c1. The van der Waals surface area contributed by atoms with Crippen LogP contribution in [0.3, 0.4) is 0 Å². The summed E-state index contributed by atoms with van der Waals surface area (Å²) in [4.78, 5) is 44.7. The van der Waals surface area contributed by atoms with Crippen LogP contribution < -0.4 is 10.6 Å². The second-order valence-corrected chi connectivity index (χ2v) is 24.6. The van der Waals surface area contributed by atoms with Gasteiger partial charge in [0.2, 0.25) is 0 Å². The highest BCUT2D eigenvalue weighted by atomic mass is 32.2. The standard InChI is InChI=1S/C43H30N6O23S6/c1-73(56,57)26-16-30-28(38(18-26)77(67,68)69)12-24(14-36(30)75(61,62)63)48-46-22-6-8-34(32(10-22)42(52)53)44-40(50)20-2-4-21(5-3-20)41(51)45-35-9-7-23(11-33(35)43(54)55)47-49-25-13-29-31(37(15-25)76(64,65)66)17-27(74(58,59)60)19-39(29)78(70,71)72/h2-19H,1H2,(H,44,50)(H,45,51)(H,52,53)(H,54,55)(H,56,57)(H,58,59,60)(H,61,62,63)(H,64,65,66)(H,67,68,69)(H,70,71,72)/b48-46+,49-47+. The van der Waals surface area contributed by atoms with E-state index in [9.17, 15) is 103 Å². The van der Waals surface area contributed by atoms with Gasteiger partial charge in [0.25, 0.3) is 62.4 Å². The number of carbonyl (C=O) groups excluding carboxylic acids is 2. The Hall–Kier alpha value is -8.33. The highest BCUT2D eigenvalue weighted by Crippen LogP contribution is 2.38. The summed E-state index contributed by atoms with van der Waals surface area (Å²) in [5.74, 6) is -2.08. The van der Waals surface area contributed by atoms with Gasteiger partial charge in [-0.15, -0.1) is 0 Å². The number of carboxylic acid groups (broad SMARTS) is 2. The Labute approximate surface area is 438 Å². The van der Waals surface area contributed by atoms with Gasteiger partial charge in [-0.25, -0.2) is 13.8 Å². The number of nitrogens with one attached hydrogen (secondary N) is 2. The molecule has 0 aliphatic rings. The van der Waals surface area contributed by atoms with Crippen LogP contribution in [0.25, 0.3) is 21.5 Å². The summed E-state index contributed by atoms with van der Waals surface area (Å²) < 4.78 is 193. The lowest BCUT2D eigenvalue weighted by Gasteiger charge is -2.12. The maximum atomic E-state index is 13.3. The molecule has 7 aromatic carbocycles. The lowest BCUT2D eigenvalue weighted by Crippen LogP contribution is -2.16. The van der Waals surface area contributed by atoms with Gasteiger partial charge in [-0.2, -0.15) is 62.5 Å². The number of carboxylic acids is 2. The highest BCUT2D eigenvalue weighted by Gasteiger charge is 2.28. The molecule has 0 heterocycles. The van der Waals surface area contributed by atoms with Gasteiger partial charge in [-0.05, 0) is 115 Å². The molecular weight excluding hydrogens is 1160 g/mol. The molecule has 10 N–H and O–H groups in total. The summed E-state index contributed by atoms with van der Waals surface area (Å²) >= 11 is 0. The number of benzene rings is 7. The third-order valence-electron chi connectivity index (χ3n) is 10.6. The van der Waals surface area contributed by atoms with Crippen LogP contribution in [0.5, 0.6) is 0 Å². The topological polar surface area (TPSA) is 491 Å². The molecule has 2 amide bonds. The number of nitrogens with zero attached hydrogens (tertiary/aromatic N) is 4. The zero-order chi connectivity index (χ0) is 57.8. The van der Waals surface area contributed by atoms with Gasteiger partial charge in [0.1, 0.15) is 29.4 Å². The normalized spacial score (nSPS) is 13.4. The number of aromatic carboxylic acids is 2. The Morgan fingerprint density at radius 3 is 1.00 bits per heavy atom. The molecule has 0 saturated carbocycles. The number of hydrogen-bond acceptors (Lipinski definition) is 19. The first-order chi connectivity index (χ1) is 35.9. The number of carbonyl (C=O) groups is 4. The van der Waals surface area contributed by atoms with E-state index in [1.54, 1.807) is 0 Å². The Balaban J connectivity index is 1.09. The summed E-state index contributed by atoms with van der Waals surface area (Å²) in [7, 11) is -30.6. The lowest BCUT2D eigenvalue weighted by molar-refractivity contribution is 0.0687. The van der Waals surface area contributed by atoms with Gasteiger partial charge < -0.3 is 25.4 Å². The number of fused-ring (bicyclic) bond motifs is 2. The van der Waals surface area contributed by atoms with Crippen LogP contribution in [0.2, 0.25) is 0 Å². The number of hydrogen-bond donors (Lipinski definition) is 10.